The van der Waals surface area contributed by atoms with Gasteiger partial charge in [-0.25, -0.2) is 16.8 Å². The summed E-state index contributed by atoms with van der Waals surface area (Å²) in [5.74, 6) is -0.462. The Hall–Kier alpha value is -3.41. The number of nitrogens with zero attached hydrogens (tertiary/aromatic N) is 2. The Morgan fingerprint density at radius 2 is 1.51 bits per heavy atom. The van der Waals surface area contributed by atoms with Crippen molar-refractivity contribution in [2.75, 3.05) is 36.4 Å². The molecule has 3 aromatic rings. The highest BCUT2D eigenvalue weighted by Crippen LogP contribution is 2.31. The van der Waals surface area contributed by atoms with Crippen LogP contribution in [0.25, 0.3) is 0 Å². The fourth-order valence-electron chi connectivity index (χ4n) is 4.16. The van der Waals surface area contributed by atoms with Gasteiger partial charge in [0.15, 0.2) is 0 Å². The maximum atomic E-state index is 13.4. The summed E-state index contributed by atoms with van der Waals surface area (Å²) in [6, 6.07) is 20.5. The number of para-hydroxylation sites is 1. The summed E-state index contributed by atoms with van der Waals surface area (Å²) in [6.45, 7) is 0.332. The van der Waals surface area contributed by atoms with E-state index in [9.17, 15) is 21.6 Å². The van der Waals surface area contributed by atoms with Crippen molar-refractivity contribution in [3.05, 3.63) is 78.9 Å². The largest absolute Gasteiger partial charge is 0.495 e. The van der Waals surface area contributed by atoms with Crippen LogP contribution < -0.4 is 14.4 Å². The van der Waals surface area contributed by atoms with Crippen LogP contribution in [-0.4, -0.2) is 53.8 Å². The number of hydrogen-bond acceptors (Lipinski definition) is 6. The maximum Gasteiger partial charge on any atom is 0.264 e. The molecule has 0 aromatic heterocycles. The number of anilines is 2. The first-order valence-corrected chi connectivity index (χ1v) is 14.7. The Morgan fingerprint density at radius 3 is 2.14 bits per heavy atom. The van der Waals surface area contributed by atoms with Gasteiger partial charge in [0.05, 0.1) is 17.7 Å². The molecule has 0 radical (unpaired) electrons. The van der Waals surface area contributed by atoms with Crippen molar-refractivity contribution < 1.29 is 26.4 Å². The highest BCUT2D eigenvalue weighted by Gasteiger charge is 2.30. The van der Waals surface area contributed by atoms with Gasteiger partial charge < -0.3 is 10.1 Å². The number of rotatable bonds is 9. The first-order valence-electron chi connectivity index (χ1n) is 11.8. The fraction of sp³-hybridized carbons (Fsp3) is 0.269. The van der Waals surface area contributed by atoms with E-state index in [1.165, 1.54) is 41.7 Å². The third-order valence-electron chi connectivity index (χ3n) is 6.04. The molecule has 0 atom stereocenters. The standard InChI is InChI=1S/C26H29N3O6S2/c1-35-24-16-15-21(19-25(24)37(33,34)28-17-9-4-10-18-28)27-26(30)20-29(22-11-5-2-6-12-22)36(31,32)23-13-7-3-8-14-23/h2-3,5-8,11-16,19H,4,9-10,17-18,20H2,1H3,(H,27,30). The molecule has 1 amide bonds. The first kappa shape index (κ1) is 26.6. The normalized spacial score (nSPS) is 14.6. The average molecular weight is 544 g/mol. The smallest absolute Gasteiger partial charge is 0.264 e. The number of carbonyl (C=O) groups is 1. The predicted molar refractivity (Wildman–Crippen MR) is 142 cm³/mol. The Kier molecular flexibility index (Phi) is 8.16. The molecule has 1 N–H and O–H groups in total. The fourth-order valence-corrected chi connectivity index (χ4v) is 7.30. The van der Waals surface area contributed by atoms with Crippen LogP contribution in [0.3, 0.4) is 0 Å². The number of amides is 1. The van der Waals surface area contributed by atoms with Gasteiger partial charge in [-0.15, -0.1) is 0 Å². The summed E-state index contributed by atoms with van der Waals surface area (Å²) < 4.78 is 61.2. The summed E-state index contributed by atoms with van der Waals surface area (Å²) >= 11 is 0. The van der Waals surface area contributed by atoms with E-state index in [1.54, 1.807) is 48.5 Å². The van der Waals surface area contributed by atoms with Crippen LogP contribution >= 0.6 is 0 Å². The van der Waals surface area contributed by atoms with Crippen molar-refractivity contribution in [2.45, 2.75) is 29.1 Å². The van der Waals surface area contributed by atoms with Crippen molar-refractivity contribution >= 4 is 37.3 Å². The highest BCUT2D eigenvalue weighted by molar-refractivity contribution is 7.92. The summed E-state index contributed by atoms with van der Waals surface area (Å²) in [5, 5.41) is 2.65. The molecule has 0 aliphatic carbocycles. The van der Waals surface area contributed by atoms with E-state index in [1.807, 2.05) is 0 Å². The van der Waals surface area contributed by atoms with Gasteiger partial charge in [-0.2, -0.15) is 4.31 Å². The van der Waals surface area contributed by atoms with Crippen LogP contribution in [0, 0.1) is 0 Å². The molecular weight excluding hydrogens is 514 g/mol. The number of ether oxygens (including phenoxy) is 1. The average Bonchev–Trinajstić information content (AvgIpc) is 2.93. The Morgan fingerprint density at radius 1 is 0.892 bits per heavy atom. The van der Waals surface area contributed by atoms with Gasteiger partial charge in [0, 0.05) is 18.8 Å². The van der Waals surface area contributed by atoms with Crippen molar-refractivity contribution in [1.82, 2.24) is 4.31 Å². The van der Waals surface area contributed by atoms with Crippen molar-refractivity contribution in [1.29, 1.82) is 0 Å². The number of methoxy groups -OCH3 is 1. The third-order valence-corrected chi connectivity index (χ3v) is 9.75. The number of hydrogen-bond donors (Lipinski definition) is 1. The molecule has 3 aromatic carbocycles. The summed E-state index contributed by atoms with van der Waals surface area (Å²) in [7, 11) is -6.50. The lowest BCUT2D eigenvalue weighted by Gasteiger charge is -2.27. The molecule has 1 aliphatic heterocycles. The molecule has 0 spiro atoms. The van der Waals surface area contributed by atoms with Crippen molar-refractivity contribution in [3.63, 3.8) is 0 Å². The molecule has 0 unspecified atom stereocenters. The molecule has 9 nitrogen and oxygen atoms in total. The Balaban J connectivity index is 1.61. The molecule has 37 heavy (non-hydrogen) atoms. The summed E-state index contributed by atoms with van der Waals surface area (Å²) in [5.41, 5.74) is 0.538. The lowest BCUT2D eigenvalue weighted by Crippen LogP contribution is -2.38. The zero-order chi connectivity index (χ0) is 26.5. The molecule has 1 fully saturated rings. The SMILES string of the molecule is COc1ccc(NC(=O)CN(c2ccccc2)S(=O)(=O)c2ccccc2)cc1S(=O)(=O)N1CCCCC1. The number of carbonyl (C=O) groups excluding carboxylic acids is 1. The van der Waals surface area contributed by atoms with E-state index in [-0.39, 0.29) is 21.2 Å². The van der Waals surface area contributed by atoms with Gasteiger partial charge in [-0.1, -0.05) is 42.8 Å². The van der Waals surface area contributed by atoms with E-state index in [4.69, 9.17) is 4.74 Å². The molecule has 11 heteroatoms. The van der Waals surface area contributed by atoms with Gasteiger partial charge >= 0.3 is 0 Å². The molecule has 0 bridgehead atoms. The quantitative estimate of drug-likeness (QED) is 0.440. The predicted octanol–water partition coefficient (Wildman–Crippen LogP) is 3.70. The number of nitrogens with one attached hydrogen (secondary N) is 1. The summed E-state index contributed by atoms with van der Waals surface area (Å²) in [6.07, 6.45) is 2.54. The van der Waals surface area contributed by atoms with Gasteiger partial charge in [-0.05, 0) is 55.3 Å². The maximum absolute atomic E-state index is 13.4. The van der Waals surface area contributed by atoms with E-state index >= 15 is 0 Å². The van der Waals surface area contributed by atoms with Crippen molar-refractivity contribution in [2.24, 2.45) is 0 Å². The Bertz CT molecular complexity index is 1440. The lowest BCUT2D eigenvalue weighted by atomic mass is 10.2. The van der Waals surface area contributed by atoms with Crippen LogP contribution in [-0.2, 0) is 24.8 Å². The van der Waals surface area contributed by atoms with E-state index in [2.05, 4.69) is 5.32 Å². The Labute approximate surface area is 217 Å². The zero-order valence-corrected chi connectivity index (χ0v) is 22.0. The van der Waals surface area contributed by atoms with Crippen LogP contribution in [0.4, 0.5) is 11.4 Å². The molecule has 1 aliphatic rings. The van der Waals surface area contributed by atoms with E-state index in [0.717, 1.165) is 23.6 Å². The lowest BCUT2D eigenvalue weighted by molar-refractivity contribution is -0.114. The minimum absolute atomic E-state index is 0.0472. The summed E-state index contributed by atoms with van der Waals surface area (Å²) in [4.78, 5) is 13.1. The minimum atomic E-state index is -4.05. The van der Waals surface area contributed by atoms with Crippen LogP contribution in [0.5, 0.6) is 5.75 Å². The van der Waals surface area contributed by atoms with Crippen LogP contribution in [0.1, 0.15) is 19.3 Å². The first-order chi connectivity index (χ1) is 17.7. The second-order valence-electron chi connectivity index (χ2n) is 8.54. The molecule has 1 saturated heterocycles. The monoisotopic (exact) mass is 543 g/mol. The number of benzene rings is 3. The molecule has 4 rings (SSSR count). The number of sulfonamides is 2. The third kappa shape index (κ3) is 5.95. The second-order valence-corrected chi connectivity index (χ2v) is 12.3. The molecule has 0 saturated carbocycles. The molecule has 196 valence electrons. The topological polar surface area (TPSA) is 113 Å². The highest BCUT2D eigenvalue weighted by atomic mass is 32.2. The van der Waals surface area contributed by atoms with E-state index < -0.39 is 32.5 Å². The van der Waals surface area contributed by atoms with Gasteiger partial charge in [0.2, 0.25) is 15.9 Å². The van der Waals surface area contributed by atoms with Crippen LogP contribution in [0.2, 0.25) is 0 Å². The second kappa shape index (κ2) is 11.3. The molecular formula is C26H29N3O6S2. The van der Waals surface area contributed by atoms with Gasteiger partial charge in [0.25, 0.3) is 10.0 Å². The van der Waals surface area contributed by atoms with Crippen LogP contribution in [0.15, 0.2) is 88.7 Å². The minimum Gasteiger partial charge on any atom is -0.495 e. The molecule has 1 heterocycles. The van der Waals surface area contributed by atoms with E-state index in [0.29, 0.717) is 18.8 Å². The zero-order valence-electron chi connectivity index (χ0n) is 20.4. The van der Waals surface area contributed by atoms with Gasteiger partial charge in [0.1, 0.15) is 17.2 Å². The van der Waals surface area contributed by atoms with Gasteiger partial charge in [-0.3, -0.25) is 9.10 Å². The van der Waals surface area contributed by atoms with Crippen molar-refractivity contribution in [3.8, 4) is 5.75 Å². The number of piperidine rings is 1.